The average Bonchev–Trinajstić information content (AvgIpc) is 2.78. The molecule has 2 N–H and O–H groups in total. The monoisotopic (exact) mass is 301 g/mol. The lowest BCUT2D eigenvalue weighted by atomic mass is 10.0. The molecule has 0 spiro atoms. The van der Waals surface area contributed by atoms with Crippen LogP contribution in [0, 0.1) is 13.8 Å². The number of carboxylic acids is 1. The molecule has 0 bridgehead atoms. The first-order valence-corrected chi connectivity index (χ1v) is 6.94. The normalized spacial score (nSPS) is 12.0. The van der Waals surface area contributed by atoms with Gasteiger partial charge in [0.15, 0.2) is 0 Å². The standard InChI is InChI=1S/C16H19N3O3/c1-9-5-12(7-13(6-9)16(21)22)15(20)18-10(2)14-8-17-19(4)11(14)3/h5-8,10H,1-4H3,(H,18,20)(H,21,22). The molecule has 22 heavy (non-hydrogen) atoms. The molecule has 116 valence electrons. The third kappa shape index (κ3) is 3.16. The molecule has 0 radical (unpaired) electrons. The van der Waals surface area contributed by atoms with Gasteiger partial charge in [-0.15, -0.1) is 0 Å². The van der Waals surface area contributed by atoms with Crippen LogP contribution in [0.15, 0.2) is 24.4 Å². The summed E-state index contributed by atoms with van der Waals surface area (Å²) < 4.78 is 1.74. The number of carbonyl (C=O) groups excluding carboxylic acids is 1. The van der Waals surface area contributed by atoms with Crippen LogP contribution in [0.25, 0.3) is 0 Å². The first-order valence-electron chi connectivity index (χ1n) is 6.94. The van der Waals surface area contributed by atoms with Gasteiger partial charge in [0.25, 0.3) is 5.91 Å². The largest absolute Gasteiger partial charge is 0.478 e. The van der Waals surface area contributed by atoms with E-state index in [-0.39, 0.29) is 17.5 Å². The van der Waals surface area contributed by atoms with Crippen LogP contribution in [-0.4, -0.2) is 26.8 Å². The quantitative estimate of drug-likeness (QED) is 0.907. The molecule has 1 heterocycles. The van der Waals surface area contributed by atoms with Gasteiger partial charge < -0.3 is 10.4 Å². The number of aryl methyl sites for hydroxylation is 2. The molecule has 6 heteroatoms. The van der Waals surface area contributed by atoms with Crippen LogP contribution >= 0.6 is 0 Å². The number of rotatable bonds is 4. The molecule has 6 nitrogen and oxygen atoms in total. The molecule has 1 aromatic carbocycles. The number of benzene rings is 1. The van der Waals surface area contributed by atoms with Crippen LogP contribution in [0.3, 0.4) is 0 Å². The smallest absolute Gasteiger partial charge is 0.335 e. The van der Waals surface area contributed by atoms with Gasteiger partial charge in [0.05, 0.1) is 17.8 Å². The van der Waals surface area contributed by atoms with Crippen molar-refractivity contribution in [3.8, 4) is 0 Å². The Hall–Kier alpha value is -2.63. The van der Waals surface area contributed by atoms with Gasteiger partial charge in [0, 0.05) is 23.9 Å². The van der Waals surface area contributed by atoms with Gasteiger partial charge in [-0.2, -0.15) is 5.10 Å². The van der Waals surface area contributed by atoms with Crippen LogP contribution < -0.4 is 5.32 Å². The van der Waals surface area contributed by atoms with Crippen LogP contribution in [0.1, 0.15) is 50.5 Å². The van der Waals surface area contributed by atoms with E-state index in [1.807, 2.05) is 20.9 Å². The van der Waals surface area contributed by atoms with E-state index in [9.17, 15) is 9.59 Å². The van der Waals surface area contributed by atoms with Gasteiger partial charge in [-0.05, 0) is 44.5 Å². The van der Waals surface area contributed by atoms with Crippen LogP contribution in [0.5, 0.6) is 0 Å². The van der Waals surface area contributed by atoms with Crippen LogP contribution in [0.2, 0.25) is 0 Å². The molecule has 0 fully saturated rings. The summed E-state index contributed by atoms with van der Waals surface area (Å²) in [6.45, 7) is 5.56. The summed E-state index contributed by atoms with van der Waals surface area (Å²) in [4.78, 5) is 23.4. The molecule has 1 aromatic heterocycles. The van der Waals surface area contributed by atoms with E-state index in [2.05, 4.69) is 10.4 Å². The highest BCUT2D eigenvalue weighted by molar-refractivity contribution is 5.98. The molecule has 0 aliphatic carbocycles. The Bertz CT molecular complexity index is 734. The fraction of sp³-hybridized carbons (Fsp3) is 0.312. The maximum Gasteiger partial charge on any atom is 0.335 e. The molecule has 1 unspecified atom stereocenters. The molecule has 0 saturated carbocycles. The maximum atomic E-state index is 12.3. The number of nitrogens with one attached hydrogen (secondary N) is 1. The topological polar surface area (TPSA) is 84.2 Å². The Kier molecular flexibility index (Phi) is 4.30. The van der Waals surface area contributed by atoms with E-state index in [0.717, 1.165) is 16.8 Å². The fourth-order valence-corrected chi connectivity index (χ4v) is 2.34. The Labute approximate surface area is 128 Å². The lowest BCUT2D eigenvalue weighted by Gasteiger charge is -2.14. The van der Waals surface area contributed by atoms with Gasteiger partial charge in [-0.3, -0.25) is 9.48 Å². The van der Waals surface area contributed by atoms with Crippen molar-refractivity contribution in [2.75, 3.05) is 0 Å². The fourth-order valence-electron chi connectivity index (χ4n) is 2.34. The van der Waals surface area contributed by atoms with Crippen molar-refractivity contribution in [2.24, 2.45) is 7.05 Å². The highest BCUT2D eigenvalue weighted by Crippen LogP contribution is 2.17. The van der Waals surface area contributed by atoms with E-state index in [1.165, 1.54) is 12.1 Å². The van der Waals surface area contributed by atoms with Gasteiger partial charge in [0.1, 0.15) is 0 Å². The van der Waals surface area contributed by atoms with Crippen LogP contribution in [0.4, 0.5) is 0 Å². The number of carboxylic acid groups (broad SMARTS) is 1. The average molecular weight is 301 g/mol. The van der Waals surface area contributed by atoms with Gasteiger partial charge in [-0.25, -0.2) is 4.79 Å². The SMILES string of the molecule is Cc1cc(C(=O)O)cc(C(=O)NC(C)c2cnn(C)c2C)c1. The summed E-state index contributed by atoms with van der Waals surface area (Å²) in [5, 5.41) is 16.1. The Morgan fingerprint density at radius 1 is 1.23 bits per heavy atom. The van der Waals surface area contributed by atoms with Crippen LogP contribution in [-0.2, 0) is 7.05 Å². The molecule has 0 aliphatic heterocycles. The van der Waals surface area contributed by atoms with Crippen molar-refractivity contribution in [1.29, 1.82) is 0 Å². The summed E-state index contributed by atoms with van der Waals surface area (Å²) in [6.07, 6.45) is 1.72. The van der Waals surface area contributed by atoms with E-state index in [1.54, 1.807) is 23.9 Å². The number of carbonyl (C=O) groups is 2. The Balaban J connectivity index is 2.22. The van der Waals surface area contributed by atoms with E-state index in [0.29, 0.717) is 5.56 Å². The minimum atomic E-state index is -1.05. The Morgan fingerprint density at radius 2 is 1.86 bits per heavy atom. The molecular weight excluding hydrogens is 282 g/mol. The van der Waals surface area contributed by atoms with Gasteiger partial charge in [-0.1, -0.05) is 0 Å². The second-order valence-electron chi connectivity index (χ2n) is 5.40. The zero-order chi connectivity index (χ0) is 16.4. The number of amides is 1. The zero-order valence-electron chi connectivity index (χ0n) is 13.0. The number of hydrogen-bond acceptors (Lipinski definition) is 3. The summed E-state index contributed by atoms with van der Waals surface area (Å²) in [7, 11) is 1.84. The van der Waals surface area contributed by atoms with Crippen molar-refractivity contribution in [3.63, 3.8) is 0 Å². The number of nitrogens with zero attached hydrogens (tertiary/aromatic N) is 2. The second kappa shape index (κ2) is 6.01. The number of aromatic carboxylic acids is 1. The summed E-state index contributed by atoms with van der Waals surface area (Å²) in [6, 6.07) is 4.38. The van der Waals surface area contributed by atoms with Crippen molar-refractivity contribution < 1.29 is 14.7 Å². The van der Waals surface area contributed by atoms with E-state index >= 15 is 0 Å². The highest BCUT2D eigenvalue weighted by atomic mass is 16.4. The first-order chi connectivity index (χ1) is 10.3. The molecular formula is C16H19N3O3. The third-order valence-electron chi connectivity index (χ3n) is 3.67. The van der Waals surface area contributed by atoms with E-state index in [4.69, 9.17) is 5.11 Å². The summed E-state index contributed by atoms with van der Waals surface area (Å²) in [5.41, 5.74) is 3.08. The molecule has 0 saturated heterocycles. The third-order valence-corrected chi connectivity index (χ3v) is 3.67. The summed E-state index contributed by atoms with van der Waals surface area (Å²) >= 11 is 0. The molecule has 2 rings (SSSR count). The van der Waals surface area contributed by atoms with Crippen molar-refractivity contribution >= 4 is 11.9 Å². The predicted octanol–water partition coefficient (Wildman–Crippen LogP) is 2.23. The predicted molar refractivity (Wildman–Crippen MR) is 82.0 cm³/mol. The molecule has 2 aromatic rings. The minimum absolute atomic E-state index is 0.107. The molecule has 1 atom stereocenters. The number of aromatic nitrogens is 2. The maximum absolute atomic E-state index is 12.3. The number of hydrogen-bond donors (Lipinski definition) is 2. The van der Waals surface area contributed by atoms with Gasteiger partial charge >= 0.3 is 5.97 Å². The van der Waals surface area contributed by atoms with Gasteiger partial charge in [0.2, 0.25) is 0 Å². The first kappa shape index (κ1) is 15.8. The summed E-state index contributed by atoms with van der Waals surface area (Å²) in [5.74, 6) is -1.35. The van der Waals surface area contributed by atoms with Crippen molar-refractivity contribution in [2.45, 2.75) is 26.8 Å². The lowest BCUT2D eigenvalue weighted by Crippen LogP contribution is -2.27. The van der Waals surface area contributed by atoms with Crippen molar-refractivity contribution in [3.05, 3.63) is 52.3 Å². The Morgan fingerprint density at radius 3 is 2.41 bits per heavy atom. The highest BCUT2D eigenvalue weighted by Gasteiger charge is 2.17. The zero-order valence-corrected chi connectivity index (χ0v) is 13.0. The van der Waals surface area contributed by atoms with E-state index < -0.39 is 5.97 Å². The minimum Gasteiger partial charge on any atom is -0.478 e. The second-order valence-corrected chi connectivity index (χ2v) is 5.40. The van der Waals surface area contributed by atoms with Crippen molar-refractivity contribution in [1.82, 2.24) is 15.1 Å². The molecule has 1 amide bonds. The lowest BCUT2D eigenvalue weighted by molar-refractivity contribution is 0.0696. The molecule has 0 aliphatic rings.